The normalized spacial score (nSPS) is 11.1. The summed E-state index contributed by atoms with van der Waals surface area (Å²) >= 11 is 1.58. The van der Waals surface area contributed by atoms with Crippen molar-refractivity contribution in [2.75, 3.05) is 19.6 Å². The molecular weight excluding hydrogens is 302 g/mol. The highest BCUT2D eigenvalue weighted by atomic mass is 32.2. The van der Waals surface area contributed by atoms with Crippen molar-refractivity contribution in [3.8, 4) is 11.5 Å². The maximum Gasteiger partial charge on any atom is 0.240 e. The summed E-state index contributed by atoms with van der Waals surface area (Å²) in [5, 5.41) is 12.1. The van der Waals surface area contributed by atoms with Crippen molar-refractivity contribution < 1.29 is 9.47 Å². The van der Waals surface area contributed by atoms with Gasteiger partial charge >= 0.3 is 0 Å². The largest absolute Gasteiger partial charge is 0.493 e. The van der Waals surface area contributed by atoms with Gasteiger partial charge in [-0.1, -0.05) is 25.6 Å². The maximum atomic E-state index is 5.24. The number of nitrogens with one attached hydrogen (secondary N) is 2. The zero-order valence-corrected chi connectivity index (χ0v) is 13.8. The van der Waals surface area contributed by atoms with Gasteiger partial charge in [0, 0.05) is 5.25 Å². The second-order valence-corrected chi connectivity index (χ2v) is 6.16. The molecule has 0 fully saturated rings. The third kappa shape index (κ3) is 4.39. The molecule has 0 aliphatic rings. The first kappa shape index (κ1) is 16.2. The average molecular weight is 321 g/mol. The number of H-pyrrole nitrogens is 1. The Balaban J connectivity index is 1.99. The van der Waals surface area contributed by atoms with Gasteiger partial charge in [0.15, 0.2) is 11.5 Å². The molecular formula is C14H19N5O2S. The molecule has 2 rings (SSSR count). The first-order valence-corrected chi connectivity index (χ1v) is 7.60. The van der Waals surface area contributed by atoms with Crippen LogP contribution < -0.4 is 14.9 Å². The van der Waals surface area contributed by atoms with Gasteiger partial charge in [-0.15, -0.1) is 5.10 Å². The minimum absolute atomic E-state index is 0.430. The fraction of sp³-hybridized carbons (Fsp3) is 0.357. The van der Waals surface area contributed by atoms with Crippen LogP contribution in [0.5, 0.6) is 11.5 Å². The zero-order chi connectivity index (χ0) is 15.9. The van der Waals surface area contributed by atoms with Crippen molar-refractivity contribution in [1.82, 2.24) is 15.2 Å². The van der Waals surface area contributed by atoms with Crippen LogP contribution in [0.25, 0.3) is 0 Å². The van der Waals surface area contributed by atoms with Crippen LogP contribution in [0.2, 0.25) is 0 Å². The number of aromatic nitrogens is 3. The molecule has 1 aromatic carbocycles. The van der Waals surface area contributed by atoms with Crippen molar-refractivity contribution in [2.24, 2.45) is 5.10 Å². The maximum absolute atomic E-state index is 5.24. The molecule has 118 valence electrons. The molecule has 0 spiro atoms. The van der Waals surface area contributed by atoms with E-state index in [1.807, 2.05) is 18.2 Å². The Hall–Kier alpha value is -2.22. The molecule has 1 heterocycles. The molecule has 0 aliphatic heterocycles. The fourth-order valence-corrected chi connectivity index (χ4v) is 2.32. The van der Waals surface area contributed by atoms with E-state index >= 15 is 0 Å². The number of thioether (sulfide) groups is 1. The van der Waals surface area contributed by atoms with Crippen molar-refractivity contribution in [3.05, 3.63) is 23.8 Å². The molecule has 8 heteroatoms. The van der Waals surface area contributed by atoms with Gasteiger partial charge < -0.3 is 9.47 Å². The van der Waals surface area contributed by atoms with Gasteiger partial charge in [0.25, 0.3) is 0 Å². The van der Waals surface area contributed by atoms with E-state index in [0.717, 1.165) is 5.56 Å². The second kappa shape index (κ2) is 7.69. The van der Waals surface area contributed by atoms with E-state index < -0.39 is 0 Å². The second-order valence-electron chi connectivity index (χ2n) is 4.62. The van der Waals surface area contributed by atoms with Crippen molar-refractivity contribution >= 4 is 23.9 Å². The standard InChI is InChI=1S/C14H19N5O2S/c1-9(2)22-14-16-13(18-19-14)17-15-8-10-5-6-11(20-3)12(7-10)21-4/h5-9H,1-4H3,(H2,16,17,18,19)/b15-8+. The highest BCUT2D eigenvalue weighted by Gasteiger charge is 2.05. The van der Waals surface area contributed by atoms with E-state index in [1.165, 1.54) is 0 Å². The predicted octanol–water partition coefficient (Wildman–Crippen LogP) is 2.77. The number of rotatable bonds is 7. The van der Waals surface area contributed by atoms with E-state index in [2.05, 4.69) is 39.6 Å². The van der Waals surface area contributed by atoms with Crippen molar-refractivity contribution in [1.29, 1.82) is 0 Å². The van der Waals surface area contributed by atoms with E-state index in [1.54, 1.807) is 32.2 Å². The molecule has 0 saturated heterocycles. The Kier molecular flexibility index (Phi) is 5.65. The lowest BCUT2D eigenvalue weighted by atomic mass is 10.2. The van der Waals surface area contributed by atoms with Crippen molar-refractivity contribution in [2.45, 2.75) is 24.3 Å². The summed E-state index contributed by atoms with van der Waals surface area (Å²) in [4.78, 5) is 4.27. The number of methoxy groups -OCH3 is 2. The summed E-state index contributed by atoms with van der Waals surface area (Å²) in [6.07, 6.45) is 1.67. The van der Waals surface area contributed by atoms with Gasteiger partial charge in [-0.05, 0) is 23.8 Å². The molecule has 0 saturated carbocycles. The number of ether oxygens (including phenoxy) is 2. The number of nitrogens with zero attached hydrogens (tertiary/aromatic N) is 3. The van der Waals surface area contributed by atoms with Gasteiger partial charge in [-0.25, -0.2) is 10.5 Å². The first-order chi connectivity index (χ1) is 10.6. The molecule has 7 nitrogen and oxygen atoms in total. The Labute approximate surface area is 133 Å². The van der Waals surface area contributed by atoms with Gasteiger partial charge in [-0.2, -0.15) is 10.1 Å². The number of hydrogen-bond donors (Lipinski definition) is 2. The highest BCUT2D eigenvalue weighted by Crippen LogP contribution is 2.26. The van der Waals surface area contributed by atoms with Crippen LogP contribution in [-0.2, 0) is 0 Å². The van der Waals surface area contributed by atoms with Crippen LogP contribution in [0.1, 0.15) is 19.4 Å². The number of hydrazone groups is 1. The first-order valence-electron chi connectivity index (χ1n) is 6.72. The van der Waals surface area contributed by atoms with Crippen LogP contribution in [0.15, 0.2) is 28.5 Å². The molecule has 0 atom stereocenters. The topological polar surface area (TPSA) is 84.4 Å². The smallest absolute Gasteiger partial charge is 0.240 e. The van der Waals surface area contributed by atoms with E-state index in [0.29, 0.717) is 27.9 Å². The fourth-order valence-electron chi connectivity index (χ4n) is 1.66. The lowest BCUT2D eigenvalue weighted by Crippen LogP contribution is -1.95. The molecule has 0 amide bonds. The van der Waals surface area contributed by atoms with Gasteiger partial charge in [-0.3, -0.25) is 0 Å². The minimum atomic E-state index is 0.430. The Morgan fingerprint density at radius 2 is 2.05 bits per heavy atom. The van der Waals surface area contributed by atoms with Crippen LogP contribution in [0.3, 0.4) is 0 Å². The monoisotopic (exact) mass is 321 g/mol. The van der Waals surface area contributed by atoms with Crippen LogP contribution in [-0.4, -0.2) is 40.9 Å². The SMILES string of the molecule is COc1ccc(/C=N/Nc2nc(SC(C)C)n[nH]2)cc1OC. The molecule has 2 aromatic rings. The number of aromatic amines is 1. The lowest BCUT2D eigenvalue weighted by molar-refractivity contribution is 0.355. The van der Waals surface area contributed by atoms with E-state index in [4.69, 9.17) is 9.47 Å². The lowest BCUT2D eigenvalue weighted by Gasteiger charge is -2.07. The average Bonchev–Trinajstić information content (AvgIpc) is 2.93. The van der Waals surface area contributed by atoms with Crippen LogP contribution >= 0.6 is 11.8 Å². The van der Waals surface area contributed by atoms with Crippen LogP contribution in [0.4, 0.5) is 5.95 Å². The summed E-state index contributed by atoms with van der Waals surface area (Å²) in [6.45, 7) is 4.17. The Morgan fingerprint density at radius 3 is 2.73 bits per heavy atom. The predicted molar refractivity (Wildman–Crippen MR) is 88.1 cm³/mol. The van der Waals surface area contributed by atoms with Gasteiger partial charge in [0.2, 0.25) is 11.1 Å². The molecule has 22 heavy (non-hydrogen) atoms. The quantitative estimate of drug-likeness (QED) is 0.463. The summed E-state index contributed by atoms with van der Waals surface area (Å²) < 4.78 is 10.4. The summed E-state index contributed by atoms with van der Waals surface area (Å²) in [5.41, 5.74) is 3.68. The summed E-state index contributed by atoms with van der Waals surface area (Å²) in [7, 11) is 3.20. The Morgan fingerprint density at radius 1 is 1.27 bits per heavy atom. The molecule has 0 aliphatic carbocycles. The zero-order valence-electron chi connectivity index (χ0n) is 13.0. The minimum Gasteiger partial charge on any atom is -0.493 e. The summed E-state index contributed by atoms with van der Waals surface area (Å²) in [6, 6.07) is 5.55. The molecule has 0 radical (unpaired) electrons. The molecule has 0 unspecified atom stereocenters. The Bertz CT molecular complexity index is 642. The number of benzene rings is 1. The molecule has 2 N–H and O–H groups in total. The van der Waals surface area contributed by atoms with Crippen LogP contribution in [0, 0.1) is 0 Å². The van der Waals surface area contributed by atoms with E-state index in [9.17, 15) is 0 Å². The molecule has 0 bridgehead atoms. The van der Waals surface area contributed by atoms with Gasteiger partial charge in [0.05, 0.1) is 20.4 Å². The number of hydrogen-bond acceptors (Lipinski definition) is 7. The third-order valence-corrected chi connectivity index (χ3v) is 3.46. The summed E-state index contributed by atoms with van der Waals surface area (Å²) in [5.74, 6) is 1.83. The van der Waals surface area contributed by atoms with Gasteiger partial charge in [0.1, 0.15) is 0 Å². The third-order valence-electron chi connectivity index (χ3n) is 2.60. The van der Waals surface area contributed by atoms with Crippen molar-refractivity contribution in [3.63, 3.8) is 0 Å². The number of anilines is 1. The van der Waals surface area contributed by atoms with E-state index in [-0.39, 0.29) is 0 Å². The molecule has 1 aromatic heterocycles. The highest BCUT2D eigenvalue weighted by molar-refractivity contribution is 7.99.